The summed E-state index contributed by atoms with van der Waals surface area (Å²) in [6, 6.07) is 21.6. The molecule has 5 aromatic rings. The summed E-state index contributed by atoms with van der Waals surface area (Å²) in [4.78, 5) is 31.2. The molecular formula is C34H30ClFN4O4. The number of para-hydroxylation sites is 2. The van der Waals surface area contributed by atoms with E-state index in [9.17, 15) is 14.0 Å². The molecule has 0 fully saturated rings. The zero-order chi connectivity index (χ0) is 31.4. The first-order valence-corrected chi connectivity index (χ1v) is 14.3. The smallest absolute Gasteiger partial charge is 0.282 e. The Morgan fingerprint density at radius 2 is 1.82 bits per heavy atom. The molecule has 1 aromatic heterocycles. The number of halogens is 2. The molecule has 0 unspecified atom stereocenters. The highest BCUT2D eigenvalue weighted by molar-refractivity contribution is 6.30. The minimum atomic E-state index is -0.557. The van der Waals surface area contributed by atoms with Crippen LogP contribution in [0.3, 0.4) is 0 Å². The highest BCUT2D eigenvalue weighted by atomic mass is 35.5. The van der Waals surface area contributed by atoms with Crippen LogP contribution in [0, 0.1) is 12.7 Å². The number of methoxy groups -OCH3 is 1. The molecule has 1 amide bonds. The van der Waals surface area contributed by atoms with Crippen LogP contribution in [0.5, 0.6) is 11.5 Å². The third-order valence-electron chi connectivity index (χ3n) is 6.98. The van der Waals surface area contributed by atoms with Gasteiger partial charge in [0.05, 0.1) is 29.9 Å². The van der Waals surface area contributed by atoms with Crippen molar-refractivity contribution < 1.29 is 18.7 Å². The minimum Gasteiger partial charge on any atom is -0.496 e. The van der Waals surface area contributed by atoms with Crippen LogP contribution >= 0.6 is 11.6 Å². The average molecular weight is 613 g/mol. The Kier molecular flexibility index (Phi) is 9.06. The van der Waals surface area contributed by atoms with Crippen molar-refractivity contribution in [1.82, 2.24) is 9.66 Å². The van der Waals surface area contributed by atoms with Gasteiger partial charge in [0.2, 0.25) is 0 Å². The number of hydrogen-bond donors (Lipinski definition) is 1. The number of carbonyl (C=O) groups is 1. The number of nitrogens with one attached hydrogen (secondary N) is 1. The first-order valence-electron chi connectivity index (χ1n) is 13.9. The van der Waals surface area contributed by atoms with E-state index in [0.29, 0.717) is 27.3 Å². The predicted octanol–water partition coefficient (Wildman–Crippen LogP) is 7.20. The van der Waals surface area contributed by atoms with E-state index < -0.39 is 18.3 Å². The van der Waals surface area contributed by atoms with Gasteiger partial charge in [0.15, 0.2) is 12.4 Å². The Hall–Kier alpha value is -5.02. The number of aromatic nitrogens is 2. The first-order chi connectivity index (χ1) is 21.2. The molecule has 0 aliphatic rings. The molecule has 0 saturated carbocycles. The second-order valence-corrected chi connectivity index (χ2v) is 10.8. The number of hydrogen-bond acceptors (Lipinski definition) is 6. The molecule has 1 heterocycles. The maximum absolute atomic E-state index is 14.0. The molecule has 0 aliphatic heterocycles. The molecule has 4 aromatic carbocycles. The van der Waals surface area contributed by atoms with E-state index in [1.165, 1.54) is 29.1 Å². The average Bonchev–Trinajstić information content (AvgIpc) is 3.01. The Balaban J connectivity index is 1.55. The fourth-order valence-corrected chi connectivity index (χ4v) is 4.92. The Bertz CT molecular complexity index is 1950. The minimum absolute atomic E-state index is 0.0455. The molecule has 224 valence electrons. The molecule has 0 saturated heterocycles. The van der Waals surface area contributed by atoms with Crippen LogP contribution < -0.4 is 20.3 Å². The molecule has 5 rings (SSSR count). The monoisotopic (exact) mass is 612 g/mol. The van der Waals surface area contributed by atoms with Gasteiger partial charge in [-0.2, -0.15) is 9.78 Å². The highest BCUT2D eigenvalue weighted by Crippen LogP contribution is 2.34. The summed E-state index contributed by atoms with van der Waals surface area (Å²) >= 11 is 6.29. The molecule has 0 bridgehead atoms. The molecular weight excluding hydrogens is 583 g/mol. The van der Waals surface area contributed by atoms with E-state index in [0.717, 1.165) is 22.4 Å². The molecule has 0 aliphatic carbocycles. The van der Waals surface area contributed by atoms with Crippen molar-refractivity contribution >= 4 is 40.3 Å². The fourth-order valence-electron chi connectivity index (χ4n) is 4.74. The standard InChI is InChI=1S/C34H30ClFN4O4/c1-20(2)25-17-26(21(3)15-31(25)43-4)33-39-28-11-7-5-9-24(28)34(42)40(33)37-18-22-16-23(35)13-14-30(22)44-19-32(41)38-29-12-8-6-10-27(29)36/h5-18,20H,19H2,1-4H3,(H,38,41). The van der Waals surface area contributed by atoms with Gasteiger partial charge < -0.3 is 14.8 Å². The van der Waals surface area contributed by atoms with Crippen LogP contribution in [0.4, 0.5) is 10.1 Å². The number of ether oxygens (including phenoxy) is 2. The van der Waals surface area contributed by atoms with E-state index in [1.807, 2.05) is 25.1 Å². The summed E-state index contributed by atoms with van der Waals surface area (Å²) in [5.74, 6) is 0.419. The summed E-state index contributed by atoms with van der Waals surface area (Å²) in [6.07, 6.45) is 1.43. The molecule has 8 nitrogen and oxygen atoms in total. The number of anilines is 1. The summed E-state index contributed by atoms with van der Waals surface area (Å²) in [5, 5.41) is 7.84. The van der Waals surface area contributed by atoms with Gasteiger partial charge in [-0.25, -0.2) is 9.37 Å². The summed E-state index contributed by atoms with van der Waals surface area (Å²) in [5.41, 5.74) is 3.17. The lowest BCUT2D eigenvalue weighted by Crippen LogP contribution is -2.21. The number of amides is 1. The maximum atomic E-state index is 14.0. The van der Waals surface area contributed by atoms with Gasteiger partial charge in [0.1, 0.15) is 17.3 Å². The molecule has 10 heteroatoms. The van der Waals surface area contributed by atoms with Gasteiger partial charge in [0.25, 0.3) is 11.5 Å². The largest absolute Gasteiger partial charge is 0.496 e. The molecule has 1 N–H and O–H groups in total. The van der Waals surface area contributed by atoms with E-state index in [2.05, 4.69) is 24.3 Å². The Labute approximate surface area is 258 Å². The van der Waals surface area contributed by atoms with Crippen molar-refractivity contribution in [2.45, 2.75) is 26.7 Å². The van der Waals surface area contributed by atoms with Crippen LogP contribution in [0.2, 0.25) is 5.02 Å². The second-order valence-electron chi connectivity index (χ2n) is 10.4. The lowest BCUT2D eigenvalue weighted by molar-refractivity contribution is -0.118. The van der Waals surface area contributed by atoms with E-state index in [-0.39, 0.29) is 22.9 Å². The summed E-state index contributed by atoms with van der Waals surface area (Å²) < 4.78 is 26.6. The summed E-state index contributed by atoms with van der Waals surface area (Å²) in [6.45, 7) is 5.65. The zero-order valence-corrected chi connectivity index (χ0v) is 25.4. The maximum Gasteiger partial charge on any atom is 0.282 e. The van der Waals surface area contributed by atoms with Crippen molar-refractivity contribution in [2.75, 3.05) is 19.0 Å². The van der Waals surface area contributed by atoms with Crippen LogP contribution in [-0.2, 0) is 4.79 Å². The number of rotatable bonds is 9. The zero-order valence-electron chi connectivity index (χ0n) is 24.6. The van der Waals surface area contributed by atoms with Crippen molar-refractivity contribution in [1.29, 1.82) is 0 Å². The van der Waals surface area contributed by atoms with Crippen molar-refractivity contribution in [2.24, 2.45) is 5.10 Å². The lowest BCUT2D eigenvalue weighted by Gasteiger charge is -2.17. The van der Waals surface area contributed by atoms with Crippen LogP contribution in [-0.4, -0.2) is 35.5 Å². The van der Waals surface area contributed by atoms with Gasteiger partial charge in [-0.15, -0.1) is 0 Å². The van der Waals surface area contributed by atoms with Crippen LogP contribution in [0.25, 0.3) is 22.3 Å². The van der Waals surface area contributed by atoms with Crippen molar-refractivity contribution in [3.05, 3.63) is 117 Å². The Morgan fingerprint density at radius 3 is 2.57 bits per heavy atom. The van der Waals surface area contributed by atoms with E-state index in [4.69, 9.17) is 26.1 Å². The number of nitrogens with zero attached hydrogens (tertiary/aromatic N) is 3. The lowest BCUT2D eigenvalue weighted by atomic mass is 9.96. The highest BCUT2D eigenvalue weighted by Gasteiger charge is 2.19. The summed E-state index contributed by atoms with van der Waals surface area (Å²) in [7, 11) is 1.63. The number of carbonyl (C=O) groups excluding carboxylic acids is 1. The number of benzene rings is 4. The number of fused-ring (bicyclic) bond motifs is 1. The van der Waals surface area contributed by atoms with Crippen molar-refractivity contribution in [3.63, 3.8) is 0 Å². The molecule has 0 atom stereocenters. The van der Waals surface area contributed by atoms with E-state index >= 15 is 0 Å². The SMILES string of the molecule is COc1cc(C)c(-c2nc3ccccc3c(=O)n2N=Cc2cc(Cl)ccc2OCC(=O)Nc2ccccc2F)cc1C(C)C. The van der Waals surface area contributed by atoms with Gasteiger partial charge in [-0.05, 0) is 78.6 Å². The predicted molar refractivity (Wildman–Crippen MR) is 172 cm³/mol. The third kappa shape index (κ3) is 6.48. The number of aryl methyl sites for hydroxylation is 1. The quantitative estimate of drug-likeness (QED) is 0.178. The normalized spacial score (nSPS) is 11.3. The Morgan fingerprint density at radius 1 is 1.07 bits per heavy atom. The first kappa shape index (κ1) is 30.4. The molecule has 44 heavy (non-hydrogen) atoms. The molecule has 0 radical (unpaired) electrons. The van der Waals surface area contributed by atoms with Gasteiger partial charge in [-0.3, -0.25) is 9.59 Å². The van der Waals surface area contributed by atoms with Gasteiger partial charge >= 0.3 is 0 Å². The topological polar surface area (TPSA) is 94.8 Å². The van der Waals surface area contributed by atoms with Gasteiger partial charge in [0, 0.05) is 16.1 Å². The third-order valence-corrected chi connectivity index (χ3v) is 7.22. The molecule has 0 spiro atoms. The van der Waals surface area contributed by atoms with E-state index in [1.54, 1.807) is 49.6 Å². The second kappa shape index (κ2) is 13.1. The van der Waals surface area contributed by atoms with Crippen LogP contribution in [0.1, 0.15) is 36.5 Å². The fraction of sp³-hybridized carbons (Fsp3) is 0.176. The van der Waals surface area contributed by atoms with Crippen LogP contribution in [0.15, 0.2) is 88.8 Å². The van der Waals surface area contributed by atoms with Gasteiger partial charge in [-0.1, -0.05) is 49.7 Å². The van der Waals surface area contributed by atoms with Crippen molar-refractivity contribution in [3.8, 4) is 22.9 Å².